The average Bonchev–Trinajstić information content (AvgIpc) is 3.34. The summed E-state index contributed by atoms with van der Waals surface area (Å²) in [6.45, 7) is 5.65. The Balaban J connectivity index is 1.79. The second-order valence-corrected chi connectivity index (χ2v) is 10.5. The van der Waals surface area contributed by atoms with Gasteiger partial charge in [-0.05, 0) is 35.6 Å². The smallest absolute Gasteiger partial charge is 0.225 e. The molecule has 0 radical (unpaired) electrons. The summed E-state index contributed by atoms with van der Waals surface area (Å²) in [5, 5.41) is 8.10. The Labute approximate surface area is 187 Å². The molecule has 0 saturated heterocycles. The standard InChI is InChI=1S/C21H25N3O3S3/c1-21(2,3)20(25)23-18(11-14-6-8-15(9-7-14)24-30(26)27)19-22-16(13-29-19)12-17-5-4-10-28-17/h4-10,13,18,24H,11-12H2,1-3H3,(H,23,25)(H,26,27)/p-1/t18-/m0/s1. The number of carbonyl (C=O) groups is 1. The van der Waals surface area contributed by atoms with Crippen LogP contribution in [0.5, 0.6) is 0 Å². The van der Waals surface area contributed by atoms with Crippen molar-refractivity contribution in [3.8, 4) is 0 Å². The predicted octanol–water partition coefficient (Wildman–Crippen LogP) is 4.45. The highest BCUT2D eigenvalue weighted by molar-refractivity contribution is 7.80. The van der Waals surface area contributed by atoms with Gasteiger partial charge < -0.3 is 14.6 Å². The van der Waals surface area contributed by atoms with Crippen molar-refractivity contribution >= 4 is 45.5 Å². The van der Waals surface area contributed by atoms with Crippen molar-refractivity contribution in [1.82, 2.24) is 10.3 Å². The lowest BCUT2D eigenvalue weighted by atomic mass is 9.94. The summed E-state index contributed by atoms with van der Waals surface area (Å²) in [5.74, 6) is -0.0393. The number of hydrogen-bond donors (Lipinski definition) is 2. The maximum Gasteiger partial charge on any atom is 0.225 e. The van der Waals surface area contributed by atoms with Crippen molar-refractivity contribution in [2.24, 2.45) is 5.41 Å². The monoisotopic (exact) mass is 462 g/mol. The number of amides is 1. The topological polar surface area (TPSA) is 94.2 Å². The van der Waals surface area contributed by atoms with Crippen LogP contribution in [0, 0.1) is 5.41 Å². The van der Waals surface area contributed by atoms with Gasteiger partial charge in [0.05, 0.1) is 11.7 Å². The van der Waals surface area contributed by atoms with E-state index in [2.05, 4.69) is 21.5 Å². The van der Waals surface area contributed by atoms with Crippen LogP contribution in [0.1, 0.15) is 48.0 Å². The zero-order valence-electron chi connectivity index (χ0n) is 17.0. The number of thiophene rings is 1. The molecule has 9 heteroatoms. The van der Waals surface area contributed by atoms with Gasteiger partial charge in [-0.25, -0.2) is 4.98 Å². The number of nitrogens with one attached hydrogen (secondary N) is 2. The number of rotatable bonds is 8. The summed E-state index contributed by atoms with van der Waals surface area (Å²) < 4.78 is 23.9. The average molecular weight is 463 g/mol. The molecule has 1 amide bonds. The van der Waals surface area contributed by atoms with E-state index in [9.17, 15) is 13.6 Å². The quantitative estimate of drug-likeness (QED) is 0.484. The Hall–Kier alpha value is -2.07. The van der Waals surface area contributed by atoms with Crippen molar-refractivity contribution in [2.75, 3.05) is 4.72 Å². The highest BCUT2D eigenvalue weighted by Crippen LogP contribution is 2.26. The van der Waals surface area contributed by atoms with E-state index in [0.717, 1.165) is 22.7 Å². The fraction of sp³-hybridized carbons (Fsp3) is 0.333. The first-order chi connectivity index (χ1) is 14.2. The molecule has 30 heavy (non-hydrogen) atoms. The first-order valence-electron chi connectivity index (χ1n) is 9.43. The van der Waals surface area contributed by atoms with Gasteiger partial charge in [-0.1, -0.05) is 39.0 Å². The van der Waals surface area contributed by atoms with E-state index in [1.165, 1.54) is 4.88 Å². The van der Waals surface area contributed by atoms with Gasteiger partial charge >= 0.3 is 0 Å². The van der Waals surface area contributed by atoms with Crippen LogP contribution in [0.2, 0.25) is 0 Å². The zero-order valence-corrected chi connectivity index (χ0v) is 19.5. The third-order valence-corrected chi connectivity index (χ3v) is 6.67. The second kappa shape index (κ2) is 9.82. The number of carbonyl (C=O) groups excluding carboxylic acids is 1. The number of thiazole rings is 1. The molecule has 0 fully saturated rings. The summed E-state index contributed by atoms with van der Waals surface area (Å²) in [4.78, 5) is 18.7. The SMILES string of the molecule is CC(C)(C)C(=O)N[C@@H](Cc1ccc(NS(=O)[O-])cc1)c1nc(Cc2cccs2)cs1. The second-order valence-electron chi connectivity index (χ2n) is 7.95. The van der Waals surface area contributed by atoms with Crippen molar-refractivity contribution in [1.29, 1.82) is 0 Å². The highest BCUT2D eigenvalue weighted by atomic mass is 32.2. The van der Waals surface area contributed by atoms with Crippen molar-refractivity contribution < 1.29 is 13.6 Å². The summed E-state index contributed by atoms with van der Waals surface area (Å²) in [5.41, 5.74) is 1.95. The lowest BCUT2D eigenvalue weighted by Gasteiger charge is -2.23. The summed E-state index contributed by atoms with van der Waals surface area (Å²) in [6, 6.07) is 11.0. The van der Waals surface area contributed by atoms with Crippen LogP contribution >= 0.6 is 22.7 Å². The van der Waals surface area contributed by atoms with Crippen molar-refractivity contribution in [2.45, 2.75) is 39.7 Å². The minimum atomic E-state index is -2.36. The molecule has 0 aliphatic carbocycles. The molecule has 0 aliphatic heterocycles. The Morgan fingerprint density at radius 1 is 1.20 bits per heavy atom. The van der Waals surface area contributed by atoms with Gasteiger partial charge in [0.15, 0.2) is 0 Å². The van der Waals surface area contributed by atoms with Crippen LogP contribution in [0.4, 0.5) is 5.69 Å². The number of benzene rings is 1. The van der Waals surface area contributed by atoms with Crippen molar-refractivity contribution in [3.63, 3.8) is 0 Å². The van der Waals surface area contributed by atoms with E-state index in [-0.39, 0.29) is 11.9 Å². The van der Waals surface area contributed by atoms with Crippen LogP contribution < -0.4 is 10.0 Å². The molecular weight excluding hydrogens is 438 g/mol. The Bertz CT molecular complexity index is 993. The molecule has 2 aromatic heterocycles. The van der Waals surface area contributed by atoms with E-state index in [1.807, 2.05) is 44.4 Å². The summed E-state index contributed by atoms with van der Waals surface area (Å²) in [7, 11) is 0. The molecule has 0 saturated carbocycles. The third-order valence-electron chi connectivity index (χ3n) is 4.38. The number of hydrogen-bond acceptors (Lipinski definition) is 6. The van der Waals surface area contributed by atoms with Crippen LogP contribution in [0.25, 0.3) is 0 Å². The lowest BCUT2D eigenvalue weighted by molar-refractivity contribution is -0.129. The molecule has 0 spiro atoms. The van der Waals surface area contributed by atoms with Crippen LogP contribution in [0.3, 0.4) is 0 Å². The Morgan fingerprint density at radius 2 is 1.93 bits per heavy atom. The van der Waals surface area contributed by atoms with Gasteiger partial charge in [0, 0.05) is 39.0 Å². The maximum absolute atomic E-state index is 12.7. The van der Waals surface area contributed by atoms with Gasteiger partial charge in [-0.2, -0.15) is 0 Å². The van der Waals surface area contributed by atoms with E-state index in [0.29, 0.717) is 12.1 Å². The molecule has 2 atom stereocenters. The van der Waals surface area contributed by atoms with Gasteiger partial charge in [-0.3, -0.25) is 9.00 Å². The first kappa shape index (κ1) is 22.6. The van der Waals surface area contributed by atoms with Gasteiger partial charge in [0.25, 0.3) is 0 Å². The van der Waals surface area contributed by atoms with Crippen LogP contribution in [0.15, 0.2) is 47.2 Å². The molecule has 1 aromatic carbocycles. The number of aromatic nitrogens is 1. The molecule has 3 aromatic rings. The lowest BCUT2D eigenvalue weighted by Crippen LogP contribution is -2.38. The molecule has 2 N–H and O–H groups in total. The Kier molecular flexibility index (Phi) is 7.41. The summed E-state index contributed by atoms with van der Waals surface area (Å²) >= 11 is 0.893. The Morgan fingerprint density at radius 3 is 2.53 bits per heavy atom. The first-order valence-corrected chi connectivity index (χ1v) is 12.3. The van der Waals surface area contributed by atoms with Crippen molar-refractivity contribution in [3.05, 3.63) is 68.3 Å². The fourth-order valence-corrected chi connectivity index (χ4v) is 4.69. The summed E-state index contributed by atoms with van der Waals surface area (Å²) in [6.07, 6.45) is 1.34. The van der Waals surface area contributed by atoms with E-state index in [1.54, 1.807) is 34.8 Å². The molecule has 3 rings (SSSR count). The molecule has 1 unspecified atom stereocenters. The van der Waals surface area contributed by atoms with E-state index in [4.69, 9.17) is 4.98 Å². The molecule has 2 heterocycles. The normalized spacial score (nSPS) is 13.6. The van der Waals surface area contributed by atoms with Crippen LogP contribution in [-0.4, -0.2) is 19.7 Å². The minimum absolute atomic E-state index is 0.0393. The number of nitrogens with zero attached hydrogens (tertiary/aromatic N) is 1. The van der Waals surface area contributed by atoms with Gasteiger partial charge in [0.1, 0.15) is 5.01 Å². The fourth-order valence-electron chi connectivity index (χ4n) is 2.77. The third kappa shape index (κ3) is 6.46. The zero-order chi connectivity index (χ0) is 21.7. The van der Waals surface area contributed by atoms with Gasteiger partial charge in [-0.15, -0.1) is 22.7 Å². The molecule has 160 valence electrons. The highest BCUT2D eigenvalue weighted by Gasteiger charge is 2.26. The van der Waals surface area contributed by atoms with E-state index >= 15 is 0 Å². The molecule has 6 nitrogen and oxygen atoms in total. The van der Waals surface area contributed by atoms with Crippen LogP contribution in [-0.2, 0) is 28.9 Å². The molecule has 0 bridgehead atoms. The largest absolute Gasteiger partial charge is 0.755 e. The van der Waals surface area contributed by atoms with Gasteiger partial charge in [0.2, 0.25) is 5.91 Å². The predicted molar refractivity (Wildman–Crippen MR) is 122 cm³/mol. The maximum atomic E-state index is 12.7. The molecular formula is C21H24N3O3S3-. The minimum Gasteiger partial charge on any atom is -0.755 e. The molecule has 0 aliphatic rings. The number of anilines is 1. The van der Waals surface area contributed by atoms with E-state index < -0.39 is 16.7 Å².